The number of rotatable bonds is 3. The first-order chi connectivity index (χ1) is 10.2. The summed E-state index contributed by atoms with van der Waals surface area (Å²) in [7, 11) is 0. The number of hydrogen-bond acceptors (Lipinski definition) is 3. The van der Waals surface area contributed by atoms with E-state index < -0.39 is 0 Å². The summed E-state index contributed by atoms with van der Waals surface area (Å²) in [6, 6.07) is 11.1. The van der Waals surface area contributed by atoms with Crippen molar-refractivity contribution >= 4 is 5.91 Å². The number of fused-ring (bicyclic) bond motifs is 1. The third kappa shape index (κ3) is 3.02. The number of nitrogens with zero attached hydrogens (tertiary/aromatic N) is 1. The molecule has 1 aromatic heterocycles. The lowest BCUT2D eigenvalue weighted by atomic mass is 9.83. The molecule has 108 valence electrons. The van der Waals surface area contributed by atoms with Crippen LogP contribution >= 0.6 is 0 Å². The molecule has 5 heteroatoms. The quantitative estimate of drug-likeness (QED) is 0.899. The van der Waals surface area contributed by atoms with Crippen LogP contribution < -0.4 is 10.9 Å². The maximum Gasteiger partial charge on any atom is 0.271 e. The van der Waals surface area contributed by atoms with Crippen LogP contribution in [0.2, 0.25) is 0 Å². The van der Waals surface area contributed by atoms with Gasteiger partial charge in [0, 0.05) is 18.5 Å². The van der Waals surface area contributed by atoms with Crippen LogP contribution in [0.15, 0.2) is 41.2 Å². The largest absolute Gasteiger partial charge is 0.350 e. The third-order valence-electron chi connectivity index (χ3n) is 3.91. The molecule has 1 aliphatic rings. The molecule has 0 saturated carbocycles. The molecule has 1 amide bonds. The first-order valence-electron chi connectivity index (χ1n) is 7.16. The predicted molar refractivity (Wildman–Crippen MR) is 79.3 cm³/mol. The smallest absolute Gasteiger partial charge is 0.271 e. The monoisotopic (exact) mass is 283 g/mol. The molecule has 0 bridgehead atoms. The number of benzene rings is 1. The predicted octanol–water partition coefficient (Wildman–Crippen LogP) is 1.62. The van der Waals surface area contributed by atoms with Gasteiger partial charge in [-0.05, 0) is 36.5 Å². The minimum atomic E-state index is -0.312. The molecule has 0 aliphatic heterocycles. The van der Waals surface area contributed by atoms with Crippen molar-refractivity contribution in [2.45, 2.75) is 25.2 Å². The molecule has 1 unspecified atom stereocenters. The van der Waals surface area contributed by atoms with Gasteiger partial charge in [-0.15, -0.1) is 0 Å². The number of carbonyl (C=O) groups excluding carboxylic acids is 1. The van der Waals surface area contributed by atoms with E-state index in [-0.39, 0.29) is 17.2 Å². The lowest BCUT2D eigenvalue weighted by molar-refractivity contribution is 0.0944. The standard InChI is InChI=1S/C16H17N3O2/c20-15-9-8-14(18-19-15)16(21)17-10-12-6-3-5-11-4-1-2-7-13(11)12/h1-2,4,7-9,12H,3,5-6,10H2,(H,17,21)(H,19,20). The van der Waals surface area contributed by atoms with Gasteiger partial charge in [0.1, 0.15) is 5.69 Å². The average Bonchev–Trinajstić information content (AvgIpc) is 2.53. The molecule has 2 aromatic rings. The maximum atomic E-state index is 12.0. The molecule has 0 spiro atoms. The van der Waals surface area contributed by atoms with Crippen LogP contribution in [0.25, 0.3) is 0 Å². The Labute approximate surface area is 122 Å². The zero-order valence-electron chi connectivity index (χ0n) is 11.6. The molecule has 1 aliphatic carbocycles. The minimum Gasteiger partial charge on any atom is -0.350 e. The number of aromatic nitrogens is 2. The number of hydrogen-bond donors (Lipinski definition) is 2. The molecule has 3 rings (SSSR count). The van der Waals surface area contributed by atoms with Gasteiger partial charge in [-0.1, -0.05) is 24.3 Å². The Kier molecular flexibility index (Phi) is 3.81. The Bertz CT molecular complexity index is 688. The van der Waals surface area contributed by atoms with Crippen molar-refractivity contribution in [3.05, 3.63) is 63.6 Å². The first-order valence-corrected chi connectivity index (χ1v) is 7.16. The van der Waals surface area contributed by atoms with E-state index in [0.29, 0.717) is 12.5 Å². The summed E-state index contributed by atoms with van der Waals surface area (Å²) in [5, 5.41) is 8.91. The number of aryl methyl sites for hydroxylation is 1. The van der Waals surface area contributed by atoms with Crippen molar-refractivity contribution < 1.29 is 4.79 Å². The second-order valence-corrected chi connectivity index (χ2v) is 5.30. The number of aromatic amines is 1. The van der Waals surface area contributed by atoms with Crippen molar-refractivity contribution in [3.63, 3.8) is 0 Å². The Morgan fingerprint density at radius 3 is 2.95 bits per heavy atom. The van der Waals surface area contributed by atoms with Gasteiger partial charge in [0.05, 0.1) is 0 Å². The number of H-pyrrole nitrogens is 1. The summed E-state index contributed by atoms with van der Waals surface area (Å²) in [4.78, 5) is 23.0. The van der Waals surface area contributed by atoms with Gasteiger partial charge in [0.25, 0.3) is 11.5 Å². The first kappa shape index (κ1) is 13.5. The summed E-state index contributed by atoms with van der Waals surface area (Å²) in [5.41, 5.74) is 2.63. The highest BCUT2D eigenvalue weighted by molar-refractivity contribution is 5.92. The van der Waals surface area contributed by atoms with E-state index in [9.17, 15) is 9.59 Å². The van der Waals surface area contributed by atoms with Gasteiger partial charge in [0.2, 0.25) is 0 Å². The van der Waals surface area contributed by atoms with E-state index in [1.165, 1.54) is 23.3 Å². The summed E-state index contributed by atoms with van der Waals surface area (Å²) in [6.45, 7) is 0.594. The second-order valence-electron chi connectivity index (χ2n) is 5.30. The van der Waals surface area contributed by atoms with Gasteiger partial charge in [-0.25, -0.2) is 5.10 Å². The fourth-order valence-corrected chi connectivity index (χ4v) is 2.84. The van der Waals surface area contributed by atoms with E-state index >= 15 is 0 Å². The average molecular weight is 283 g/mol. The lowest BCUT2D eigenvalue weighted by Gasteiger charge is -2.25. The minimum absolute atomic E-state index is 0.235. The highest BCUT2D eigenvalue weighted by atomic mass is 16.2. The maximum absolute atomic E-state index is 12.0. The summed E-state index contributed by atoms with van der Waals surface area (Å²) in [6.07, 6.45) is 3.34. The molecule has 5 nitrogen and oxygen atoms in total. The zero-order chi connectivity index (χ0) is 14.7. The van der Waals surface area contributed by atoms with Crippen molar-refractivity contribution in [1.82, 2.24) is 15.5 Å². The number of carbonyl (C=O) groups is 1. The van der Waals surface area contributed by atoms with Crippen molar-refractivity contribution in [1.29, 1.82) is 0 Å². The number of nitrogens with one attached hydrogen (secondary N) is 2. The summed E-state index contributed by atoms with van der Waals surface area (Å²) < 4.78 is 0. The van der Waals surface area contributed by atoms with Gasteiger partial charge < -0.3 is 5.32 Å². The summed E-state index contributed by atoms with van der Waals surface area (Å²) in [5.74, 6) is 0.0935. The van der Waals surface area contributed by atoms with Crippen molar-refractivity contribution in [2.75, 3.05) is 6.54 Å². The van der Waals surface area contributed by atoms with Crippen LogP contribution in [0.3, 0.4) is 0 Å². The van der Waals surface area contributed by atoms with E-state index in [4.69, 9.17) is 0 Å². The normalized spacial score (nSPS) is 17.0. The van der Waals surface area contributed by atoms with Crippen LogP contribution in [0.1, 0.15) is 40.4 Å². The molecule has 2 N–H and O–H groups in total. The van der Waals surface area contributed by atoms with Crippen LogP contribution in [-0.4, -0.2) is 22.6 Å². The number of amides is 1. The third-order valence-corrected chi connectivity index (χ3v) is 3.91. The van der Waals surface area contributed by atoms with Crippen molar-refractivity contribution in [3.8, 4) is 0 Å². The van der Waals surface area contributed by atoms with Gasteiger partial charge in [-0.3, -0.25) is 9.59 Å². The molecule has 21 heavy (non-hydrogen) atoms. The lowest BCUT2D eigenvalue weighted by Crippen LogP contribution is -2.31. The van der Waals surface area contributed by atoms with Gasteiger partial charge in [-0.2, -0.15) is 5.10 Å². The molecular formula is C16H17N3O2. The molecule has 0 radical (unpaired) electrons. The highest BCUT2D eigenvalue weighted by Gasteiger charge is 2.20. The highest BCUT2D eigenvalue weighted by Crippen LogP contribution is 2.30. The zero-order valence-corrected chi connectivity index (χ0v) is 11.6. The molecule has 1 atom stereocenters. The Morgan fingerprint density at radius 1 is 1.29 bits per heavy atom. The van der Waals surface area contributed by atoms with Crippen LogP contribution in [0, 0.1) is 0 Å². The fraction of sp³-hybridized carbons (Fsp3) is 0.312. The van der Waals surface area contributed by atoms with E-state index in [2.05, 4.69) is 33.7 Å². The van der Waals surface area contributed by atoms with Gasteiger partial charge in [0.15, 0.2) is 0 Å². The van der Waals surface area contributed by atoms with E-state index in [1.807, 2.05) is 6.07 Å². The van der Waals surface area contributed by atoms with Crippen LogP contribution in [-0.2, 0) is 6.42 Å². The Morgan fingerprint density at radius 2 is 2.14 bits per heavy atom. The molecular weight excluding hydrogens is 266 g/mol. The SMILES string of the molecule is O=C(NCC1CCCc2ccccc21)c1ccc(=O)[nH]n1. The fourth-order valence-electron chi connectivity index (χ4n) is 2.84. The van der Waals surface area contributed by atoms with E-state index in [1.54, 1.807) is 0 Å². The van der Waals surface area contributed by atoms with Crippen LogP contribution in [0.4, 0.5) is 0 Å². The summed E-state index contributed by atoms with van der Waals surface area (Å²) >= 11 is 0. The molecule has 1 heterocycles. The topological polar surface area (TPSA) is 74.8 Å². The second kappa shape index (κ2) is 5.91. The molecule has 1 aromatic carbocycles. The Hall–Kier alpha value is -2.43. The van der Waals surface area contributed by atoms with Gasteiger partial charge >= 0.3 is 0 Å². The molecule has 0 saturated heterocycles. The Balaban J connectivity index is 1.67. The molecule has 0 fully saturated rings. The van der Waals surface area contributed by atoms with Crippen LogP contribution in [0.5, 0.6) is 0 Å². The van der Waals surface area contributed by atoms with Crippen molar-refractivity contribution in [2.24, 2.45) is 0 Å². The van der Waals surface area contributed by atoms with E-state index in [0.717, 1.165) is 19.3 Å².